The van der Waals surface area contributed by atoms with Crippen LogP contribution in [-0.4, -0.2) is 18.1 Å². The quantitative estimate of drug-likeness (QED) is 0.612. The summed E-state index contributed by atoms with van der Waals surface area (Å²) in [4.78, 5) is 10.8. The normalized spacial score (nSPS) is 9.40. The van der Waals surface area contributed by atoms with Crippen molar-refractivity contribution in [3.63, 3.8) is 0 Å². The molecule has 0 fully saturated rings. The Morgan fingerprint density at radius 1 is 1.80 bits per heavy atom. The predicted octanol–water partition coefficient (Wildman–Crippen LogP) is 0.343. The molecule has 0 aromatic carbocycles. The Morgan fingerprint density at radius 3 is 2.90 bits per heavy atom. The minimum Gasteiger partial charge on any atom is -0.361 e. The van der Waals surface area contributed by atoms with E-state index in [2.05, 4.69) is 15.0 Å². The van der Waals surface area contributed by atoms with Crippen molar-refractivity contribution in [1.82, 2.24) is 10.5 Å². The first-order chi connectivity index (χ1) is 4.74. The van der Waals surface area contributed by atoms with Gasteiger partial charge in [0.15, 0.2) is 5.69 Å². The standard InChI is InChI=1S/C6H8N2O2/c1-4-3-5(8-10-4)6(9)7-2/h3H,1-2H3,(H,7,9). The maximum Gasteiger partial charge on any atom is 0.273 e. The molecule has 54 valence electrons. The molecule has 0 spiro atoms. The summed E-state index contributed by atoms with van der Waals surface area (Å²) in [5.41, 5.74) is 0.319. The van der Waals surface area contributed by atoms with Gasteiger partial charge in [-0.05, 0) is 6.92 Å². The first-order valence-corrected chi connectivity index (χ1v) is 2.89. The molecule has 4 heteroatoms. The van der Waals surface area contributed by atoms with E-state index >= 15 is 0 Å². The molecule has 1 N–H and O–H groups in total. The minimum atomic E-state index is -0.225. The lowest BCUT2D eigenvalue weighted by Crippen LogP contribution is -2.17. The maximum absolute atomic E-state index is 10.8. The third kappa shape index (κ3) is 1.15. The number of carbonyl (C=O) groups is 1. The third-order valence-corrected chi connectivity index (χ3v) is 1.09. The number of rotatable bonds is 1. The van der Waals surface area contributed by atoms with Crippen molar-refractivity contribution in [3.8, 4) is 0 Å². The van der Waals surface area contributed by atoms with Crippen molar-refractivity contribution < 1.29 is 9.32 Å². The molecule has 0 aliphatic heterocycles. The zero-order chi connectivity index (χ0) is 7.56. The number of aryl methyl sites for hydroxylation is 1. The van der Waals surface area contributed by atoms with E-state index in [1.807, 2.05) is 0 Å². The van der Waals surface area contributed by atoms with Crippen LogP contribution in [0.25, 0.3) is 0 Å². The van der Waals surface area contributed by atoms with Crippen LogP contribution in [0, 0.1) is 6.92 Å². The van der Waals surface area contributed by atoms with Crippen molar-refractivity contribution in [1.29, 1.82) is 0 Å². The summed E-state index contributed by atoms with van der Waals surface area (Å²) < 4.78 is 4.68. The molecular weight excluding hydrogens is 132 g/mol. The lowest BCUT2D eigenvalue weighted by molar-refractivity contribution is 0.0954. The average Bonchev–Trinajstić information content (AvgIpc) is 2.34. The Labute approximate surface area is 58.2 Å². The molecule has 0 saturated heterocycles. The lowest BCUT2D eigenvalue weighted by atomic mass is 10.4. The van der Waals surface area contributed by atoms with Crippen LogP contribution < -0.4 is 5.32 Å². The molecule has 0 saturated carbocycles. The molecule has 1 aromatic heterocycles. The van der Waals surface area contributed by atoms with Gasteiger partial charge in [-0.3, -0.25) is 4.79 Å². The van der Waals surface area contributed by atoms with Gasteiger partial charge in [0.1, 0.15) is 5.76 Å². The van der Waals surface area contributed by atoms with E-state index in [9.17, 15) is 4.79 Å². The molecule has 4 nitrogen and oxygen atoms in total. The van der Waals surface area contributed by atoms with Crippen molar-refractivity contribution in [2.24, 2.45) is 0 Å². The fraction of sp³-hybridized carbons (Fsp3) is 0.333. The van der Waals surface area contributed by atoms with Crippen LogP contribution in [0.15, 0.2) is 10.6 Å². The molecule has 0 bridgehead atoms. The summed E-state index contributed by atoms with van der Waals surface area (Å²) in [6.45, 7) is 1.74. The molecule has 0 atom stereocenters. The Kier molecular flexibility index (Phi) is 1.71. The largest absolute Gasteiger partial charge is 0.361 e. The lowest BCUT2D eigenvalue weighted by Gasteiger charge is -1.88. The Balaban J connectivity index is 2.85. The zero-order valence-electron chi connectivity index (χ0n) is 5.84. The molecule has 1 heterocycles. The monoisotopic (exact) mass is 140 g/mol. The Morgan fingerprint density at radius 2 is 2.50 bits per heavy atom. The molecule has 0 unspecified atom stereocenters. The Bertz CT molecular complexity index is 242. The first-order valence-electron chi connectivity index (χ1n) is 2.89. The third-order valence-electron chi connectivity index (χ3n) is 1.09. The Hall–Kier alpha value is -1.32. The van der Waals surface area contributed by atoms with Crippen molar-refractivity contribution in [3.05, 3.63) is 17.5 Å². The van der Waals surface area contributed by atoms with Gasteiger partial charge in [-0.2, -0.15) is 0 Å². The molecule has 0 aliphatic carbocycles. The van der Waals surface area contributed by atoms with Crippen LogP contribution >= 0.6 is 0 Å². The van der Waals surface area contributed by atoms with E-state index in [4.69, 9.17) is 0 Å². The van der Waals surface area contributed by atoms with Crippen LogP contribution in [0.2, 0.25) is 0 Å². The number of carbonyl (C=O) groups excluding carboxylic acids is 1. The van der Waals surface area contributed by atoms with Crippen LogP contribution in [0.5, 0.6) is 0 Å². The fourth-order valence-electron chi connectivity index (χ4n) is 0.601. The van der Waals surface area contributed by atoms with Gasteiger partial charge in [0.2, 0.25) is 0 Å². The second-order valence-electron chi connectivity index (χ2n) is 1.90. The number of amides is 1. The smallest absolute Gasteiger partial charge is 0.273 e. The summed E-state index contributed by atoms with van der Waals surface area (Å²) in [6, 6.07) is 1.58. The van der Waals surface area contributed by atoms with Gasteiger partial charge in [0.25, 0.3) is 5.91 Å². The SMILES string of the molecule is CNC(=O)c1cc(C)on1. The van der Waals surface area contributed by atoms with Crippen LogP contribution in [-0.2, 0) is 0 Å². The second kappa shape index (κ2) is 2.51. The fourth-order valence-corrected chi connectivity index (χ4v) is 0.601. The van der Waals surface area contributed by atoms with Gasteiger partial charge in [0.05, 0.1) is 0 Å². The van der Waals surface area contributed by atoms with Gasteiger partial charge < -0.3 is 9.84 Å². The summed E-state index contributed by atoms with van der Waals surface area (Å²) >= 11 is 0. The van der Waals surface area contributed by atoms with Gasteiger partial charge in [-0.25, -0.2) is 0 Å². The summed E-state index contributed by atoms with van der Waals surface area (Å²) in [7, 11) is 1.55. The topological polar surface area (TPSA) is 55.1 Å². The van der Waals surface area contributed by atoms with Crippen molar-refractivity contribution in [2.75, 3.05) is 7.05 Å². The van der Waals surface area contributed by atoms with Crippen molar-refractivity contribution in [2.45, 2.75) is 6.92 Å². The van der Waals surface area contributed by atoms with E-state index < -0.39 is 0 Å². The number of nitrogens with one attached hydrogen (secondary N) is 1. The zero-order valence-corrected chi connectivity index (χ0v) is 5.84. The number of aromatic nitrogens is 1. The average molecular weight is 140 g/mol. The van der Waals surface area contributed by atoms with E-state index in [-0.39, 0.29) is 5.91 Å². The van der Waals surface area contributed by atoms with E-state index in [1.165, 1.54) is 0 Å². The van der Waals surface area contributed by atoms with Crippen molar-refractivity contribution >= 4 is 5.91 Å². The van der Waals surface area contributed by atoms with E-state index in [0.717, 1.165) is 0 Å². The summed E-state index contributed by atoms with van der Waals surface area (Å²) in [6.07, 6.45) is 0. The number of hydrogen-bond donors (Lipinski definition) is 1. The maximum atomic E-state index is 10.8. The molecule has 0 aliphatic rings. The van der Waals surface area contributed by atoms with Crippen LogP contribution in [0.1, 0.15) is 16.2 Å². The van der Waals surface area contributed by atoms with E-state index in [0.29, 0.717) is 11.5 Å². The molecule has 10 heavy (non-hydrogen) atoms. The predicted molar refractivity (Wildman–Crippen MR) is 34.6 cm³/mol. The number of nitrogens with zero attached hydrogens (tertiary/aromatic N) is 1. The number of hydrogen-bond acceptors (Lipinski definition) is 3. The highest BCUT2D eigenvalue weighted by atomic mass is 16.5. The van der Waals surface area contributed by atoms with Gasteiger partial charge >= 0.3 is 0 Å². The van der Waals surface area contributed by atoms with Crippen LogP contribution in [0.4, 0.5) is 0 Å². The minimum absolute atomic E-state index is 0.225. The van der Waals surface area contributed by atoms with Crippen LogP contribution in [0.3, 0.4) is 0 Å². The molecule has 1 aromatic rings. The van der Waals surface area contributed by atoms with Gasteiger partial charge in [-0.1, -0.05) is 5.16 Å². The second-order valence-corrected chi connectivity index (χ2v) is 1.90. The highest BCUT2D eigenvalue weighted by Crippen LogP contribution is 1.99. The first kappa shape index (κ1) is 6.80. The van der Waals surface area contributed by atoms with Gasteiger partial charge in [-0.15, -0.1) is 0 Å². The van der Waals surface area contributed by atoms with E-state index in [1.54, 1.807) is 20.0 Å². The highest BCUT2D eigenvalue weighted by molar-refractivity contribution is 5.91. The summed E-state index contributed by atoms with van der Waals surface area (Å²) in [5, 5.41) is 5.93. The van der Waals surface area contributed by atoms with Gasteiger partial charge in [0, 0.05) is 13.1 Å². The molecule has 0 radical (unpaired) electrons. The molecule has 1 rings (SSSR count). The highest BCUT2D eigenvalue weighted by Gasteiger charge is 2.06. The molecule has 1 amide bonds. The molecular formula is C6H8N2O2. The summed E-state index contributed by atoms with van der Waals surface area (Å²) in [5.74, 6) is 0.412.